The number of likely N-dealkylation sites (tertiary alicyclic amines) is 1. The van der Waals surface area contributed by atoms with Gasteiger partial charge in [-0.05, 0) is 49.8 Å². The lowest BCUT2D eigenvalue weighted by Gasteiger charge is -2.29. The summed E-state index contributed by atoms with van der Waals surface area (Å²) in [7, 11) is 0. The van der Waals surface area contributed by atoms with Gasteiger partial charge in [-0.1, -0.05) is 17.3 Å². The van der Waals surface area contributed by atoms with E-state index in [2.05, 4.69) is 27.3 Å². The first-order valence-corrected chi connectivity index (χ1v) is 9.85. The number of nitrogens with zero attached hydrogens (tertiary/aromatic N) is 5. The molecule has 0 saturated carbocycles. The number of aliphatic hydroxyl groups is 1. The van der Waals surface area contributed by atoms with E-state index in [1.807, 2.05) is 22.6 Å². The number of carbonyl (C=O) groups excluding carboxylic acids is 1. The topological polar surface area (TPSA) is 74.5 Å². The molecule has 3 heterocycles. The molecule has 1 aromatic heterocycles. The fourth-order valence-electron chi connectivity index (χ4n) is 4.18. The Balaban J connectivity index is 0.00000225. The van der Waals surface area contributed by atoms with E-state index in [1.165, 1.54) is 17.5 Å². The molecular weight excluding hydrogens is 378 g/mol. The Morgan fingerprint density at radius 2 is 1.96 bits per heavy atom. The standard InChI is InChI=1S/C20H27N5O2.ClH/c1-15-19(20(27)24-9-3-2-4-10-24)21-22-25(15)18-7-5-6-16-14-23(12-13-26)11-8-17(16)18;/h5-7,26H,2-4,8-14H2,1H3;1H. The lowest BCUT2D eigenvalue weighted by atomic mass is 9.97. The van der Waals surface area contributed by atoms with E-state index in [-0.39, 0.29) is 24.9 Å². The number of carbonyl (C=O) groups is 1. The first kappa shape index (κ1) is 20.8. The van der Waals surface area contributed by atoms with Gasteiger partial charge in [0.1, 0.15) is 0 Å². The lowest BCUT2D eigenvalue weighted by molar-refractivity contribution is 0.0717. The molecule has 0 unspecified atom stereocenters. The molecule has 28 heavy (non-hydrogen) atoms. The maximum Gasteiger partial charge on any atom is 0.276 e. The number of halogens is 1. The molecule has 0 bridgehead atoms. The smallest absolute Gasteiger partial charge is 0.276 e. The van der Waals surface area contributed by atoms with Crippen molar-refractivity contribution in [2.24, 2.45) is 0 Å². The Morgan fingerprint density at radius 3 is 2.71 bits per heavy atom. The van der Waals surface area contributed by atoms with Crippen molar-refractivity contribution in [2.75, 3.05) is 32.8 Å². The summed E-state index contributed by atoms with van der Waals surface area (Å²) in [6.45, 7) is 6.17. The van der Waals surface area contributed by atoms with Crippen molar-refractivity contribution < 1.29 is 9.90 Å². The monoisotopic (exact) mass is 405 g/mol. The van der Waals surface area contributed by atoms with Crippen LogP contribution in [0, 0.1) is 6.92 Å². The predicted octanol–water partition coefficient (Wildman–Crippen LogP) is 1.97. The van der Waals surface area contributed by atoms with Gasteiger partial charge >= 0.3 is 0 Å². The summed E-state index contributed by atoms with van der Waals surface area (Å²) in [5.41, 5.74) is 4.80. The Kier molecular flexibility index (Phi) is 6.69. The molecule has 4 rings (SSSR count). The van der Waals surface area contributed by atoms with Crippen LogP contribution in [0.5, 0.6) is 0 Å². The van der Waals surface area contributed by atoms with E-state index in [0.717, 1.165) is 56.8 Å². The van der Waals surface area contributed by atoms with E-state index in [4.69, 9.17) is 0 Å². The summed E-state index contributed by atoms with van der Waals surface area (Å²) in [4.78, 5) is 17.0. The third kappa shape index (κ3) is 3.92. The largest absolute Gasteiger partial charge is 0.395 e. The molecule has 0 radical (unpaired) electrons. The number of β-amino-alcohol motifs (C(OH)–C–C–N with tert-alkyl or cyclic N) is 1. The summed E-state index contributed by atoms with van der Waals surface area (Å²) < 4.78 is 1.82. The molecule has 1 aromatic carbocycles. The summed E-state index contributed by atoms with van der Waals surface area (Å²) in [6.07, 6.45) is 4.23. The minimum absolute atomic E-state index is 0. The highest BCUT2D eigenvalue weighted by atomic mass is 35.5. The Labute approximate surface area is 171 Å². The first-order chi connectivity index (χ1) is 13.2. The minimum Gasteiger partial charge on any atom is -0.395 e. The van der Waals surface area contributed by atoms with Crippen LogP contribution in [-0.2, 0) is 13.0 Å². The normalized spacial score (nSPS) is 17.1. The average molecular weight is 406 g/mol. The van der Waals surface area contributed by atoms with Gasteiger partial charge in [-0.15, -0.1) is 17.5 Å². The van der Waals surface area contributed by atoms with Gasteiger partial charge in [-0.25, -0.2) is 4.68 Å². The van der Waals surface area contributed by atoms with Crippen LogP contribution >= 0.6 is 12.4 Å². The highest BCUT2D eigenvalue weighted by molar-refractivity contribution is 5.93. The molecule has 8 heteroatoms. The molecule has 0 atom stereocenters. The number of aromatic nitrogens is 3. The van der Waals surface area contributed by atoms with Crippen LogP contribution in [-0.4, -0.2) is 68.6 Å². The number of aliphatic hydroxyl groups excluding tert-OH is 1. The number of amides is 1. The van der Waals surface area contributed by atoms with Gasteiger partial charge in [0, 0.05) is 32.7 Å². The maximum atomic E-state index is 12.8. The highest BCUT2D eigenvalue weighted by Gasteiger charge is 2.26. The fourth-order valence-corrected chi connectivity index (χ4v) is 4.18. The van der Waals surface area contributed by atoms with E-state index in [9.17, 15) is 9.90 Å². The van der Waals surface area contributed by atoms with Gasteiger partial charge in [0.15, 0.2) is 5.69 Å². The number of hydrogen-bond acceptors (Lipinski definition) is 5. The molecule has 1 fully saturated rings. The number of fused-ring (bicyclic) bond motifs is 1. The average Bonchev–Trinajstić information content (AvgIpc) is 3.09. The van der Waals surface area contributed by atoms with Crippen molar-refractivity contribution in [1.29, 1.82) is 0 Å². The van der Waals surface area contributed by atoms with Crippen LogP contribution in [0.2, 0.25) is 0 Å². The Bertz CT molecular complexity index is 832. The molecule has 2 aliphatic heterocycles. The van der Waals surface area contributed by atoms with Gasteiger partial charge in [0.25, 0.3) is 5.91 Å². The fraction of sp³-hybridized carbons (Fsp3) is 0.550. The second-order valence-corrected chi connectivity index (χ2v) is 7.45. The van der Waals surface area contributed by atoms with Crippen molar-refractivity contribution in [3.63, 3.8) is 0 Å². The minimum atomic E-state index is -0.00244. The zero-order valence-electron chi connectivity index (χ0n) is 16.3. The molecule has 0 aliphatic carbocycles. The molecule has 152 valence electrons. The van der Waals surface area contributed by atoms with Gasteiger partial charge in [0.2, 0.25) is 0 Å². The number of hydrogen-bond donors (Lipinski definition) is 1. The Morgan fingerprint density at radius 1 is 1.18 bits per heavy atom. The highest BCUT2D eigenvalue weighted by Crippen LogP contribution is 2.26. The first-order valence-electron chi connectivity index (χ1n) is 9.85. The van der Waals surface area contributed by atoms with Crippen molar-refractivity contribution >= 4 is 18.3 Å². The van der Waals surface area contributed by atoms with E-state index in [0.29, 0.717) is 12.2 Å². The predicted molar refractivity (Wildman–Crippen MR) is 109 cm³/mol. The van der Waals surface area contributed by atoms with Gasteiger partial charge in [0.05, 0.1) is 18.0 Å². The van der Waals surface area contributed by atoms with E-state index >= 15 is 0 Å². The quantitative estimate of drug-likeness (QED) is 0.841. The lowest BCUT2D eigenvalue weighted by Crippen LogP contribution is -2.36. The van der Waals surface area contributed by atoms with Crippen LogP contribution in [0.1, 0.15) is 46.6 Å². The van der Waals surface area contributed by atoms with Crippen LogP contribution in [0.25, 0.3) is 5.69 Å². The number of piperidine rings is 1. The van der Waals surface area contributed by atoms with E-state index in [1.54, 1.807) is 0 Å². The summed E-state index contributed by atoms with van der Waals surface area (Å²) in [6, 6.07) is 6.22. The summed E-state index contributed by atoms with van der Waals surface area (Å²) in [5, 5.41) is 17.8. The molecule has 2 aromatic rings. The molecule has 2 aliphatic rings. The van der Waals surface area contributed by atoms with Crippen LogP contribution in [0.15, 0.2) is 18.2 Å². The summed E-state index contributed by atoms with van der Waals surface area (Å²) >= 11 is 0. The molecule has 1 saturated heterocycles. The molecule has 1 N–H and O–H groups in total. The second kappa shape index (κ2) is 9.03. The molecular formula is C20H28ClN5O2. The molecule has 7 nitrogen and oxygen atoms in total. The van der Waals surface area contributed by atoms with Crippen molar-refractivity contribution in [3.05, 3.63) is 40.7 Å². The Hall–Kier alpha value is -1.96. The van der Waals surface area contributed by atoms with Crippen LogP contribution < -0.4 is 0 Å². The van der Waals surface area contributed by atoms with Crippen LogP contribution in [0.3, 0.4) is 0 Å². The number of benzene rings is 1. The van der Waals surface area contributed by atoms with Gasteiger partial charge in [-0.3, -0.25) is 9.69 Å². The van der Waals surface area contributed by atoms with E-state index < -0.39 is 0 Å². The van der Waals surface area contributed by atoms with Crippen LogP contribution in [0.4, 0.5) is 0 Å². The SMILES string of the molecule is Cc1c(C(=O)N2CCCCC2)nnn1-c1cccc2c1CCN(CCO)C2.Cl. The zero-order valence-corrected chi connectivity index (χ0v) is 17.1. The van der Waals surface area contributed by atoms with Crippen molar-refractivity contribution in [2.45, 2.75) is 39.2 Å². The molecule has 0 spiro atoms. The van der Waals surface area contributed by atoms with Crippen molar-refractivity contribution in [3.8, 4) is 5.69 Å². The maximum absolute atomic E-state index is 12.8. The van der Waals surface area contributed by atoms with Gasteiger partial charge < -0.3 is 10.0 Å². The van der Waals surface area contributed by atoms with Gasteiger partial charge in [-0.2, -0.15) is 0 Å². The van der Waals surface area contributed by atoms with Crippen molar-refractivity contribution in [1.82, 2.24) is 24.8 Å². The molecule has 1 amide bonds. The second-order valence-electron chi connectivity index (χ2n) is 7.45. The zero-order chi connectivity index (χ0) is 18.8. The number of rotatable bonds is 4. The third-order valence-electron chi connectivity index (χ3n) is 5.71. The summed E-state index contributed by atoms with van der Waals surface area (Å²) in [5.74, 6) is -0.00244. The third-order valence-corrected chi connectivity index (χ3v) is 5.71.